The van der Waals surface area contributed by atoms with Crippen molar-refractivity contribution in [3.63, 3.8) is 0 Å². The molecule has 1 atom stereocenters. The minimum absolute atomic E-state index is 0.0754. The Morgan fingerprint density at radius 2 is 2.15 bits per heavy atom. The molecule has 0 amide bonds. The van der Waals surface area contributed by atoms with Crippen molar-refractivity contribution in [2.45, 2.75) is 32.7 Å². The van der Waals surface area contributed by atoms with Crippen molar-refractivity contribution in [2.75, 3.05) is 6.54 Å². The molecule has 1 aromatic heterocycles. The number of hydrogen-bond donors (Lipinski definition) is 1. The highest BCUT2D eigenvalue weighted by Crippen LogP contribution is 2.25. The van der Waals surface area contributed by atoms with Gasteiger partial charge in [0.05, 0.1) is 17.3 Å². The van der Waals surface area contributed by atoms with Gasteiger partial charge in [0.15, 0.2) is 0 Å². The average Bonchev–Trinajstić information content (AvgIpc) is 2.85. The van der Waals surface area contributed by atoms with Gasteiger partial charge in [0.1, 0.15) is 11.6 Å². The van der Waals surface area contributed by atoms with Gasteiger partial charge in [0.2, 0.25) is 0 Å². The Labute approximate surface area is 123 Å². The number of rotatable bonds is 6. The van der Waals surface area contributed by atoms with Crippen molar-refractivity contribution in [3.8, 4) is 0 Å². The van der Waals surface area contributed by atoms with Gasteiger partial charge in [-0.1, -0.05) is 24.6 Å². The lowest BCUT2D eigenvalue weighted by Crippen LogP contribution is -2.24. The van der Waals surface area contributed by atoms with E-state index in [-0.39, 0.29) is 16.9 Å². The third-order valence-corrected chi connectivity index (χ3v) is 3.57. The molecule has 1 heterocycles. The molecule has 0 saturated heterocycles. The van der Waals surface area contributed by atoms with Gasteiger partial charge < -0.3 is 9.73 Å². The predicted molar refractivity (Wildman–Crippen MR) is 79.6 cm³/mol. The molecule has 2 aromatic rings. The molecular weight excluding hydrogens is 277 g/mol. The van der Waals surface area contributed by atoms with Crippen LogP contribution in [0, 0.1) is 12.7 Å². The predicted octanol–water partition coefficient (Wildman–Crippen LogP) is 4.66. The molecule has 0 bridgehead atoms. The van der Waals surface area contributed by atoms with E-state index in [1.165, 1.54) is 6.07 Å². The van der Waals surface area contributed by atoms with Crippen LogP contribution in [0.25, 0.3) is 0 Å². The quantitative estimate of drug-likeness (QED) is 0.838. The molecule has 0 aliphatic carbocycles. The molecule has 0 radical (unpaired) electrons. The van der Waals surface area contributed by atoms with E-state index in [1.54, 1.807) is 18.4 Å². The number of nitrogens with one attached hydrogen (secondary N) is 1. The van der Waals surface area contributed by atoms with E-state index in [2.05, 4.69) is 12.2 Å². The van der Waals surface area contributed by atoms with Crippen molar-refractivity contribution in [3.05, 3.63) is 58.3 Å². The fourth-order valence-electron chi connectivity index (χ4n) is 2.22. The number of hydrogen-bond acceptors (Lipinski definition) is 2. The van der Waals surface area contributed by atoms with E-state index < -0.39 is 0 Å². The van der Waals surface area contributed by atoms with Crippen molar-refractivity contribution in [2.24, 2.45) is 0 Å². The van der Waals surface area contributed by atoms with Crippen LogP contribution in [0.1, 0.15) is 36.3 Å². The van der Waals surface area contributed by atoms with Gasteiger partial charge in [-0.15, -0.1) is 0 Å². The number of furan rings is 1. The van der Waals surface area contributed by atoms with Crippen molar-refractivity contribution in [1.82, 2.24) is 5.32 Å². The zero-order chi connectivity index (χ0) is 14.5. The smallest absolute Gasteiger partial charge is 0.141 e. The molecule has 1 aromatic carbocycles. The summed E-state index contributed by atoms with van der Waals surface area (Å²) >= 11 is 5.84. The van der Waals surface area contributed by atoms with Crippen LogP contribution < -0.4 is 5.32 Å². The van der Waals surface area contributed by atoms with Crippen LogP contribution in [0.4, 0.5) is 4.39 Å². The Bertz CT molecular complexity index is 567. The summed E-state index contributed by atoms with van der Waals surface area (Å²) in [6.45, 7) is 5.05. The second kappa shape index (κ2) is 6.91. The summed E-state index contributed by atoms with van der Waals surface area (Å²) in [5.41, 5.74) is 2.10. The van der Waals surface area contributed by atoms with Gasteiger partial charge in [-0.25, -0.2) is 4.39 Å². The van der Waals surface area contributed by atoms with Crippen LogP contribution in [-0.4, -0.2) is 6.54 Å². The van der Waals surface area contributed by atoms with Crippen LogP contribution in [0.3, 0.4) is 0 Å². The third-order valence-electron chi connectivity index (χ3n) is 3.28. The first-order valence-electron chi connectivity index (χ1n) is 6.83. The molecule has 1 N–H and O–H groups in total. The highest BCUT2D eigenvalue weighted by atomic mass is 35.5. The van der Waals surface area contributed by atoms with Gasteiger partial charge in [-0.3, -0.25) is 0 Å². The third kappa shape index (κ3) is 3.62. The zero-order valence-electron chi connectivity index (χ0n) is 11.7. The van der Waals surface area contributed by atoms with Crippen LogP contribution >= 0.6 is 11.6 Å². The lowest BCUT2D eigenvalue weighted by molar-refractivity contribution is 0.408. The molecule has 0 aliphatic heterocycles. The highest BCUT2D eigenvalue weighted by Gasteiger charge is 2.17. The van der Waals surface area contributed by atoms with Crippen LogP contribution in [0.15, 0.2) is 34.9 Å². The summed E-state index contributed by atoms with van der Waals surface area (Å²) in [5, 5.41) is 3.62. The van der Waals surface area contributed by atoms with Gasteiger partial charge in [0.25, 0.3) is 0 Å². The fraction of sp³-hybridized carbons (Fsp3) is 0.375. The summed E-state index contributed by atoms with van der Waals surface area (Å²) in [6.07, 6.45) is 3.46. The molecular formula is C16H19ClFNO. The normalized spacial score (nSPS) is 12.6. The fourth-order valence-corrected chi connectivity index (χ4v) is 2.42. The Hall–Kier alpha value is -1.32. The van der Waals surface area contributed by atoms with Gasteiger partial charge in [-0.2, -0.15) is 0 Å². The number of benzene rings is 1. The molecule has 108 valence electrons. The SMILES string of the molecule is CCCNC(Cc1ccc(F)c(Cl)c1)c1occc1C. The first kappa shape index (κ1) is 15.1. The maximum Gasteiger partial charge on any atom is 0.141 e. The summed E-state index contributed by atoms with van der Waals surface area (Å²) in [4.78, 5) is 0. The standard InChI is InChI=1S/C16H19ClFNO/c1-3-7-19-15(16-11(2)6-8-20-16)10-12-4-5-14(18)13(17)9-12/h4-6,8-9,15,19H,3,7,10H2,1-2H3. The second-order valence-corrected chi connectivity index (χ2v) is 5.33. The Balaban J connectivity index is 2.19. The second-order valence-electron chi connectivity index (χ2n) is 4.93. The van der Waals surface area contributed by atoms with Crippen LogP contribution in [0.5, 0.6) is 0 Å². The largest absolute Gasteiger partial charge is 0.467 e. The minimum atomic E-state index is -0.386. The summed E-state index contributed by atoms with van der Waals surface area (Å²) in [7, 11) is 0. The molecule has 0 spiro atoms. The lowest BCUT2D eigenvalue weighted by atomic mass is 10.0. The molecule has 1 unspecified atom stereocenters. The highest BCUT2D eigenvalue weighted by molar-refractivity contribution is 6.30. The van der Waals surface area contributed by atoms with E-state index in [9.17, 15) is 4.39 Å². The summed E-state index contributed by atoms with van der Waals surface area (Å²) in [6, 6.07) is 6.87. The minimum Gasteiger partial charge on any atom is -0.467 e. The van der Waals surface area contributed by atoms with Crippen LogP contribution in [-0.2, 0) is 6.42 Å². The molecule has 4 heteroatoms. The molecule has 2 rings (SSSR count). The number of halogens is 2. The monoisotopic (exact) mass is 295 g/mol. The Morgan fingerprint density at radius 3 is 2.75 bits per heavy atom. The number of aryl methyl sites for hydroxylation is 1. The Kier molecular flexibility index (Phi) is 5.21. The van der Waals surface area contributed by atoms with E-state index in [4.69, 9.17) is 16.0 Å². The summed E-state index contributed by atoms with van der Waals surface area (Å²) < 4.78 is 18.8. The maximum absolute atomic E-state index is 13.2. The van der Waals surface area contributed by atoms with Crippen LogP contribution in [0.2, 0.25) is 5.02 Å². The van der Waals surface area contributed by atoms with Gasteiger partial charge in [-0.05, 0) is 55.6 Å². The lowest BCUT2D eigenvalue weighted by Gasteiger charge is -2.17. The van der Waals surface area contributed by atoms with Crippen molar-refractivity contribution < 1.29 is 8.81 Å². The van der Waals surface area contributed by atoms with E-state index in [0.717, 1.165) is 29.9 Å². The van der Waals surface area contributed by atoms with E-state index in [1.807, 2.05) is 13.0 Å². The molecule has 2 nitrogen and oxygen atoms in total. The summed E-state index contributed by atoms with van der Waals surface area (Å²) in [5.74, 6) is 0.543. The molecule has 20 heavy (non-hydrogen) atoms. The van der Waals surface area contributed by atoms with Crippen molar-refractivity contribution >= 4 is 11.6 Å². The molecule has 0 fully saturated rings. The Morgan fingerprint density at radius 1 is 1.35 bits per heavy atom. The van der Waals surface area contributed by atoms with Crippen molar-refractivity contribution in [1.29, 1.82) is 0 Å². The van der Waals surface area contributed by atoms with Gasteiger partial charge >= 0.3 is 0 Å². The van der Waals surface area contributed by atoms with Gasteiger partial charge in [0, 0.05) is 0 Å². The van der Waals surface area contributed by atoms with E-state index >= 15 is 0 Å². The zero-order valence-corrected chi connectivity index (χ0v) is 12.5. The molecule has 0 saturated carbocycles. The first-order chi connectivity index (χ1) is 9.61. The van der Waals surface area contributed by atoms with E-state index in [0.29, 0.717) is 6.42 Å². The average molecular weight is 296 g/mol. The first-order valence-corrected chi connectivity index (χ1v) is 7.21. The topological polar surface area (TPSA) is 25.2 Å². The maximum atomic E-state index is 13.2. The molecule has 0 aliphatic rings.